The third kappa shape index (κ3) is 3.16. The molecule has 3 heteroatoms. The van der Waals surface area contributed by atoms with Crippen molar-refractivity contribution in [1.82, 2.24) is 10.6 Å². The average Bonchev–Trinajstić information content (AvgIpc) is 2.86. The maximum atomic E-state index is 5.80. The third-order valence-electron chi connectivity index (χ3n) is 4.36. The van der Waals surface area contributed by atoms with Gasteiger partial charge in [-0.3, -0.25) is 0 Å². The molecular weight excluding hydrogens is 236 g/mol. The van der Waals surface area contributed by atoms with E-state index in [2.05, 4.69) is 41.8 Å². The lowest BCUT2D eigenvalue weighted by atomic mass is 9.95. The molecule has 2 N–H and O–H groups in total. The Morgan fingerprint density at radius 1 is 1.37 bits per heavy atom. The van der Waals surface area contributed by atoms with E-state index in [1.807, 2.05) is 0 Å². The quantitative estimate of drug-likeness (QED) is 0.867. The smallest absolute Gasteiger partial charge is 0.0779 e. The molecule has 3 rings (SSSR count). The highest BCUT2D eigenvalue weighted by atomic mass is 16.5. The first-order valence-electron chi connectivity index (χ1n) is 7.40. The van der Waals surface area contributed by atoms with Gasteiger partial charge in [-0.05, 0) is 37.3 Å². The molecule has 2 atom stereocenters. The molecule has 0 spiro atoms. The fourth-order valence-corrected chi connectivity index (χ4v) is 3.15. The number of ether oxygens (including phenoxy) is 1. The van der Waals surface area contributed by atoms with Gasteiger partial charge >= 0.3 is 0 Å². The summed E-state index contributed by atoms with van der Waals surface area (Å²) in [5.74, 6) is 0. The number of rotatable bonds is 4. The molecule has 2 aliphatic heterocycles. The summed E-state index contributed by atoms with van der Waals surface area (Å²) in [6.07, 6.45) is 3.51. The maximum Gasteiger partial charge on any atom is 0.0779 e. The molecule has 0 bridgehead atoms. The van der Waals surface area contributed by atoms with Crippen molar-refractivity contribution in [3.05, 3.63) is 35.4 Å². The Morgan fingerprint density at radius 2 is 2.21 bits per heavy atom. The van der Waals surface area contributed by atoms with Crippen LogP contribution >= 0.6 is 0 Å². The minimum absolute atomic E-state index is 0.0621. The van der Waals surface area contributed by atoms with Crippen molar-refractivity contribution in [2.24, 2.45) is 0 Å². The highest BCUT2D eigenvalue weighted by molar-refractivity contribution is 5.29. The van der Waals surface area contributed by atoms with Gasteiger partial charge in [0.05, 0.1) is 5.60 Å². The lowest BCUT2D eigenvalue weighted by molar-refractivity contribution is 0.0206. The number of benzene rings is 1. The van der Waals surface area contributed by atoms with E-state index in [-0.39, 0.29) is 5.60 Å². The molecule has 3 nitrogen and oxygen atoms in total. The van der Waals surface area contributed by atoms with E-state index in [1.165, 1.54) is 24.0 Å². The van der Waals surface area contributed by atoms with E-state index >= 15 is 0 Å². The molecule has 1 aromatic rings. The number of hydrogen-bond acceptors (Lipinski definition) is 3. The van der Waals surface area contributed by atoms with E-state index < -0.39 is 0 Å². The van der Waals surface area contributed by atoms with Crippen LogP contribution in [0, 0.1) is 0 Å². The maximum absolute atomic E-state index is 5.80. The minimum atomic E-state index is 0.0621. The second-order valence-corrected chi connectivity index (χ2v) is 6.08. The van der Waals surface area contributed by atoms with E-state index in [9.17, 15) is 0 Å². The van der Waals surface area contributed by atoms with Gasteiger partial charge in [-0.15, -0.1) is 0 Å². The van der Waals surface area contributed by atoms with Crippen molar-refractivity contribution < 1.29 is 4.74 Å². The van der Waals surface area contributed by atoms with Crippen LogP contribution in [0.2, 0.25) is 0 Å². The van der Waals surface area contributed by atoms with Crippen LogP contribution in [-0.4, -0.2) is 31.3 Å². The Bertz CT molecular complexity index is 427. The fraction of sp³-hybridized carbons (Fsp3) is 0.625. The first-order valence-corrected chi connectivity index (χ1v) is 7.40. The first kappa shape index (κ1) is 13.1. The highest BCUT2D eigenvalue weighted by Crippen LogP contribution is 2.24. The molecular formula is C16H24N2O. The zero-order valence-electron chi connectivity index (χ0n) is 11.7. The SMILES string of the molecule is CC1(CNCC2Cc3ccccc3CN2)CCCO1. The van der Waals surface area contributed by atoms with Crippen molar-refractivity contribution in [3.8, 4) is 0 Å². The van der Waals surface area contributed by atoms with Crippen LogP contribution in [0.15, 0.2) is 24.3 Å². The van der Waals surface area contributed by atoms with Gasteiger partial charge in [-0.1, -0.05) is 24.3 Å². The molecule has 0 aromatic heterocycles. The molecule has 2 heterocycles. The van der Waals surface area contributed by atoms with Gasteiger partial charge in [0, 0.05) is 32.3 Å². The van der Waals surface area contributed by atoms with E-state index in [4.69, 9.17) is 4.74 Å². The fourth-order valence-electron chi connectivity index (χ4n) is 3.15. The summed E-state index contributed by atoms with van der Waals surface area (Å²) in [4.78, 5) is 0. The lowest BCUT2D eigenvalue weighted by Crippen LogP contribution is -2.46. The summed E-state index contributed by atoms with van der Waals surface area (Å²) < 4.78 is 5.80. The molecule has 104 valence electrons. The van der Waals surface area contributed by atoms with Crippen LogP contribution in [0.25, 0.3) is 0 Å². The van der Waals surface area contributed by atoms with Crippen molar-refractivity contribution in [1.29, 1.82) is 0 Å². The van der Waals surface area contributed by atoms with Gasteiger partial charge in [0.25, 0.3) is 0 Å². The van der Waals surface area contributed by atoms with Crippen LogP contribution in [0.5, 0.6) is 0 Å². The summed E-state index contributed by atoms with van der Waals surface area (Å²) in [6, 6.07) is 9.28. The van der Waals surface area contributed by atoms with Gasteiger partial charge in [0.2, 0.25) is 0 Å². The zero-order valence-corrected chi connectivity index (χ0v) is 11.7. The molecule has 2 aliphatic rings. The van der Waals surface area contributed by atoms with Crippen LogP contribution in [0.3, 0.4) is 0 Å². The second kappa shape index (κ2) is 5.61. The van der Waals surface area contributed by atoms with E-state index in [0.29, 0.717) is 6.04 Å². The van der Waals surface area contributed by atoms with Gasteiger partial charge in [0.15, 0.2) is 0 Å². The molecule has 0 amide bonds. The summed E-state index contributed by atoms with van der Waals surface area (Å²) in [7, 11) is 0. The van der Waals surface area contributed by atoms with Crippen LogP contribution in [0.1, 0.15) is 30.9 Å². The average molecular weight is 260 g/mol. The van der Waals surface area contributed by atoms with Gasteiger partial charge in [0.1, 0.15) is 0 Å². The molecule has 2 unspecified atom stereocenters. The van der Waals surface area contributed by atoms with Crippen molar-refractivity contribution in [2.45, 2.75) is 44.4 Å². The van der Waals surface area contributed by atoms with Crippen LogP contribution < -0.4 is 10.6 Å². The first-order chi connectivity index (χ1) is 9.25. The highest BCUT2D eigenvalue weighted by Gasteiger charge is 2.29. The summed E-state index contributed by atoms with van der Waals surface area (Å²) in [5, 5.41) is 7.19. The normalized spacial score (nSPS) is 30.3. The third-order valence-corrected chi connectivity index (χ3v) is 4.36. The number of hydrogen-bond donors (Lipinski definition) is 2. The monoisotopic (exact) mass is 260 g/mol. The second-order valence-electron chi connectivity index (χ2n) is 6.08. The van der Waals surface area contributed by atoms with E-state index in [1.54, 1.807) is 0 Å². The van der Waals surface area contributed by atoms with Gasteiger partial charge < -0.3 is 15.4 Å². The van der Waals surface area contributed by atoms with Crippen LogP contribution in [-0.2, 0) is 17.7 Å². The summed E-state index contributed by atoms with van der Waals surface area (Å²) >= 11 is 0. The molecule has 0 saturated carbocycles. The largest absolute Gasteiger partial charge is 0.374 e. The van der Waals surface area contributed by atoms with Crippen molar-refractivity contribution in [3.63, 3.8) is 0 Å². The Morgan fingerprint density at radius 3 is 3.00 bits per heavy atom. The molecule has 0 aliphatic carbocycles. The predicted octanol–water partition coefficient (Wildman–Crippen LogP) is 1.86. The summed E-state index contributed by atoms with van der Waals surface area (Å²) in [5.41, 5.74) is 3.01. The Hall–Kier alpha value is -0.900. The van der Waals surface area contributed by atoms with Crippen molar-refractivity contribution >= 4 is 0 Å². The molecule has 1 fully saturated rings. The Kier molecular flexibility index (Phi) is 3.87. The minimum Gasteiger partial charge on any atom is -0.374 e. The molecule has 0 radical (unpaired) electrons. The van der Waals surface area contributed by atoms with Gasteiger partial charge in [-0.2, -0.15) is 0 Å². The van der Waals surface area contributed by atoms with Gasteiger partial charge in [-0.25, -0.2) is 0 Å². The number of fused-ring (bicyclic) bond motifs is 1. The topological polar surface area (TPSA) is 33.3 Å². The summed E-state index contributed by atoms with van der Waals surface area (Å²) in [6.45, 7) is 6.13. The van der Waals surface area contributed by atoms with Crippen LogP contribution in [0.4, 0.5) is 0 Å². The van der Waals surface area contributed by atoms with E-state index in [0.717, 1.165) is 32.7 Å². The molecule has 19 heavy (non-hydrogen) atoms. The Labute approximate surface area is 115 Å². The lowest BCUT2D eigenvalue weighted by Gasteiger charge is -2.29. The molecule has 1 saturated heterocycles. The number of nitrogens with one attached hydrogen (secondary N) is 2. The standard InChI is InChI=1S/C16H24N2O/c1-16(7-4-8-19-16)12-17-11-15-9-13-5-2-3-6-14(13)10-18-15/h2-3,5-6,15,17-18H,4,7-12H2,1H3. The zero-order chi connectivity index (χ0) is 13.1. The predicted molar refractivity (Wildman–Crippen MR) is 77.2 cm³/mol. The molecule has 1 aromatic carbocycles. The Balaban J connectivity index is 1.47. The van der Waals surface area contributed by atoms with Crippen molar-refractivity contribution in [2.75, 3.05) is 19.7 Å².